The Labute approximate surface area is 107 Å². The summed E-state index contributed by atoms with van der Waals surface area (Å²) in [5, 5.41) is 12.7. The molecule has 2 fully saturated rings. The van der Waals surface area contributed by atoms with Crippen LogP contribution in [0.2, 0.25) is 0 Å². The quantitative estimate of drug-likeness (QED) is 0.654. The molecular weight excluding hydrogens is 228 g/mol. The van der Waals surface area contributed by atoms with Gasteiger partial charge < -0.3 is 10.0 Å². The van der Waals surface area contributed by atoms with Gasteiger partial charge in [0.2, 0.25) is 5.36 Å². The highest BCUT2D eigenvalue weighted by Gasteiger charge is 2.26. The smallest absolute Gasteiger partial charge is 0.271 e. The first-order chi connectivity index (χ1) is 8.79. The molecule has 2 aliphatic rings. The highest BCUT2D eigenvalue weighted by Crippen LogP contribution is 2.22. The summed E-state index contributed by atoms with van der Waals surface area (Å²) in [6, 6.07) is 0. The fraction of sp³-hybridized carbons (Fsp3) is 0.714. The average molecular weight is 248 g/mol. The third kappa shape index (κ3) is 1.84. The van der Waals surface area contributed by atoms with E-state index in [1.807, 2.05) is 9.48 Å². The minimum Gasteiger partial charge on any atom is -0.866 e. The van der Waals surface area contributed by atoms with Crippen LogP contribution in [0.1, 0.15) is 38.5 Å². The Balaban J connectivity index is 1.93. The molecule has 98 valence electrons. The second kappa shape index (κ2) is 4.75. The molecule has 2 aliphatic heterocycles. The number of rotatable bonds is 1. The molecular formula is C14H20N2O2. The largest absolute Gasteiger partial charge is 0.866 e. The van der Waals surface area contributed by atoms with Crippen molar-refractivity contribution in [2.75, 3.05) is 31.1 Å². The van der Waals surface area contributed by atoms with Crippen molar-refractivity contribution in [3.05, 3.63) is 15.6 Å². The molecule has 2 saturated heterocycles. The lowest BCUT2D eigenvalue weighted by molar-refractivity contribution is -0.271. The number of anilines is 1. The van der Waals surface area contributed by atoms with Gasteiger partial charge in [-0.15, -0.1) is 0 Å². The summed E-state index contributed by atoms with van der Waals surface area (Å²) in [5.74, 6) is 0.00352. The number of nitrogens with zero attached hydrogens (tertiary/aromatic N) is 2. The molecule has 2 heterocycles. The molecule has 3 rings (SSSR count). The van der Waals surface area contributed by atoms with E-state index < -0.39 is 0 Å². The van der Waals surface area contributed by atoms with E-state index >= 15 is 0 Å². The highest BCUT2D eigenvalue weighted by atomic mass is 16.3. The Morgan fingerprint density at radius 2 is 1.56 bits per heavy atom. The van der Waals surface area contributed by atoms with Crippen molar-refractivity contribution in [2.45, 2.75) is 38.5 Å². The van der Waals surface area contributed by atoms with Crippen LogP contribution in [0.25, 0.3) is 0 Å². The molecule has 4 nitrogen and oxygen atoms in total. The van der Waals surface area contributed by atoms with Crippen molar-refractivity contribution < 1.29 is 5.11 Å². The zero-order valence-electron chi connectivity index (χ0n) is 10.8. The van der Waals surface area contributed by atoms with Crippen molar-refractivity contribution in [1.82, 2.24) is 4.58 Å². The highest BCUT2D eigenvalue weighted by molar-refractivity contribution is 5.62. The summed E-state index contributed by atoms with van der Waals surface area (Å²) in [5.41, 5.74) is 0.471. The third-order valence-corrected chi connectivity index (χ3v) is 4.20. The monoisotopic (exact) mass is 248 g/mol. The molecule has 0 N–H and O–H groups in total. The van der Waals surface area contributed by atoms with Gasteiger partial charge >= 0.3 is 0 Å². The van der Waals surface area contributed by atoms with Gasteiger partial charge in [0.15, 0.2) is 0 Å². The van der Waals surface area contributed by atoms with Gasteiger partial charge in [0.25, 0.3) is 5.43 Å². The van der Waals surface area contributed by atoms with Crippen LogP contribution in [-0.4, -0.2) is 26.2 Å². The van der Waals surface area contributed by atoms with E-state index in [9.17, 15) is 9.90 Å². The number of hydrogen-bond acceptors (Lipinski definition) is 3. The SMILES string of the molecule is O=c1c(N2CCCCC2)c([O-])c1=[N+]1CCCCC1. The van der Waals surface area contributed by atoms with Crippen LogP contribution in [0.3, 0.4) is 0 Å². The molecule has 0 amide bonds. The van der Waals surface area contributed by atoms with E-state index in [4.69, 9.17) is 0 Å². The Kier molecular flexibility index (Phi) is 3.10. The lowest BCUT2D eigenvalue weighted by Crippen LogP contribution is -2.52. The van der Waals surface area contributed by atoms with Crippen LogP contribution in [0.15, 0.2) is 4.79 Å². The number of piperidine rings is 2. The molecule has 0 radical (unpaired) electrons. The minimum absolute atomic E-state index is 0.00352. The van der Waals surface area contributed by atoms with Gasteiger partial charge in [-0.3, -0.25) is 4.79 Å². The van der Waals surface area contributed by atoms with Gasteiger partial charge in [-0.25, -0.2) is 4.58 Å². The molecule has 0 unspecified atom stereocenters. The van der Waals surface area contributed by atoms with Crippen molar-refractivity contribution in [1.29, 1.82) is 0 Å². The third-order valence-electron chi connectivity index (χ3n) is 4.20. The summed E-state index contributed by atoms with van der Waals surface area (Å²) < 4.78 is 2.00. The fourth-order valence-corrected chi connectivity index (χ4v) is 3.18. The van der Waals surface area contributed by atoms with Gasteiger partial charge in [0, 0.05) is 25.9 Å². The van der Waals surface area contributed by atoms with Crippen molar-refractivity contribution in [2.24, 2.45) is 0 Å². The first-order valence-corrected chi connectivity index (χ1v) is 7.12. The maximum absolute atomic E-state index is 12.2. The van der Waals surface area contributed by atoms with Crippen LogP contribution in [-0.2, 0) is 0 Å². The molecule has 0 aliphatic carbocycles. The summed E-state index contributed by atoms with van der Waals surface area (Å²) in [6.07, 6.45) is 6.84. The van der Waals surface area contributed by atoms with Crippen LogP contribution >= 0.6 is 0 Å². The number of hydrogen-bond donors (Lipinski definition) is 0. The van der Waals surface area contributed by atoms with E-state index in [0.29, 0.717) is 11.0 Å². The molecule has 0 atom stereocenters. The van der Waals surface area contributed by atoms with Crippen LogP contribution in [0.4, 0.5) is 5.69 Å². The van der Waals surface area contributed by atoms with Crippen LogP contribution < -0.4 is 25.4 Å². The molecule has 1 aromatic rings. The Bertz CT molecular complexity index is 512. The maximum Gasteiger partial charge on any atom is 0.271 e. The standard InChI is InChI=1S/C14H20N2O2/c17-13-11(15-7-3-1-4-8-15)14(18)12(13)16-9-5-2-6-10-16/h1-10H2. The second-order valence-corrected chi connectivity index (χ2v) is 5.45. The molecule has 4 heteroatoms. The predicted octanol–water partition coefficient (Wildman–Crippen LogP) is -0.0576. The summed E-state index contributed by atoms with van der Waals surface area (Å²) in [4.78, 5) is 14.2. The first-order valence-electron chi connectivity index (χ1n) is 7.12. The van der Waals surface area contributed by atoms with Crippen molar-refractivity contribution in [3.63, 3.8) is 0 Å². The van der Waals surface area contributed by atoms with E-state index in [2.05, 4.69) is 0 Å². The Morgan fingerprint density at radius 1 is 0.944 bits per heavy atom. The first kappa shape index (κ1) is 11.8. The normalized spacial score (nSPS) is 21.6. The topological polar surface area (TPSA) is 46.4 Å². The molecule has 0 spiro atoms. The minimum atomic E-state index is 0.00352. The molecule has 18 heavy (non-hydrogen) atoms. The zero-order valence-corrected chi connectivity index (χ0v) is 10.8. The lowest BCUT2D eigenvalue weighted by Gasteiger charge is -2.32. The van der Waals surface area contributed by atoms with Crippen molar-refractivity contribution >= 4 is 5.69 Å². The lowest BCUT2D eigenvalue weighted by atomic mass is 10.1. The van der Waals surface area contributed by atoms with Crippen LogP contribution in [0.5, 0.6) is 5.75 Å². The fourth-order valence-electron chi connectivity index (χ4n) is 3.18. The van der Waals surface area contributed by atoms with Crippen LogP contribution in [0, 0.1) is 0 Å². The van der Waals surface area contributed by atoms with Gasteiger partial charge in [-0.05, 0) is 31.4 Å². The van der Waals surface area contributed by atoms with E-state index in [1.54, 1.807) is 0 Å². The average Bonchev–Trinajstić information content (AvgIpc) is 2.41. The zero-order chi connectivity index (χ0) is 12.5. The molecule has 0 bridgehead atoms. The summed E-state index contributed by atoms with van der Waals surface area (Å²) in [6.45, 7) is 3.50. The molecule has 0 aromatic heterocycles. The maximum atomic E-state index is 12.2. The predicted molar refractivity (Wildman–Crippen MR) is 69.4 cm³/mol. The van der Waals surface area contributed by atoms with Gasteiger partial charge in [-0.1, -0.05) is 0 Å². The molecule has 1 aromatic carbocycles. The van der Waals surface area contributed by atoms with E-state index in [-0.39, 0.29) is 11.2 Å². The second-order valence-electron chi connectivity index (χ2n) is 5.45. The van der Waals surface area contributed by atoms with E-state index in [0.717, 1.165) is 51.9 Å². The van der Waals surface area contributed by atoms with Crippen molar-refractivity contribution in [3.8, 4) is 5.75 Å². The van der Waals surface area contributed by atoms with Gasteiger partial charge in [0.05, 0.1) is 5.69 Å². The Hall–Kier alpha value is -1.32. The van der Waals surface area contributed by atoms with Gasteiger partial charge in [0.1, 0.15) is 13.1 Å². The summed E-state index contributed by atoms with van der Waals surface area (Å²) >= 11 is 0. The molecule has 0 saturated carbocycles. The Morgan fingerprint density at radius 3 is 2.17 bits per heavy atom. The van der Waals surface area contributed by atoms with Gasteiger partial charge in [-0.2, -0.15) is 0 Å². The summed E-state index contributed by atoms with van der Waals surface area (Å²) in [7, 11) is 0. The van der Waals surface area contributed by atoms with E-state index in [1.165, 1.54) is 12.8 Å².